The third-order valence-corrected chi connectivity index (χ3v) is 3.39. The van der Waals surface area contributed by atoms with E-state index in [1.54, 1.807) is 25.1 Å². The zero-order valence-corrected chi connectivity index (χ0v) is 12.6. The number of amides is 2. The molecule has 0 aliphatic rings. The van der Waals surface area contributed by atoms with Crippen LogP contribution in [-0.2, 0) is 0 Å². The minimum atomic E-state index is -1.01. The highest BCUT2D eigenvalue weighted by atomic mass is 19.1. The first-order valence-electron chi connectivity index (χ1n) is 7.19. The van der Waals surface area contributed by atoms with Gasteiger partial charge < -0.3 is 15.7 Å². The van der Waals surface area contributed by atoms with Crippen LogP contribution in [0.5, 0.6) is 0 Å². The SMILES string of the molecule is C[C@@H](NC(=O)NC[C@H](O)c1cccc(F)c1)c1cccc(F)c1. The Labute approximate surface area is 133 Å². The topological polar surface area (TPSA) is 61.4 Å². The number of carbonyl (C=O) groups is 1. The first-order chi connectivity index (χ1) is 11.0. The van der Waals surface area contributed by atoms with Crippen LogP contribution in [-0.4, -0.2) is 17.7 Å². The molecule has 2 amide bonds. The Morgan fingerprint density at radius 1 is 1.09 bits per heavy atom. The molecule has 0 radical (unpaired) electrons. The lowest BCUT2D eigenvalue weighted by Gasteiger charge is -2.17. The van der Waals surface area contributed by atoms with Crippen molar-refractivity contribution in [2.75, 3.05) is 6.54 Å². The van der Waals surface area contributed by atoms with Crippen molar-refractivity contribution in [3.05, 3.63) is 71.3 Å². The summed E-state index contributed by atoms with van der Waals surface area (Å²) in [7, 11) is 0. The van der Waals surface area contributed by atoms with Crippen LogP contribution in [0, 0.1) is 11.6 Å². The smallest absolute Gasteiger partial charge is 0.315 e. The minimum Gasteiger partial charge on any atom is -0.387 e. The Hall–Kier alpha value is -2.47. The second kappa shape index (κ2) is 7.69. The van der Waals surface area contributed by atoms with E-state index in [0.29, 0.717) is 11.1 Å². The van der Waals surface area contributed by atoms with Crippen LogP contribution in [0.25, 0.3) is 0 Å². The Bertz CT molecular complexity index is 679. The van der Waals surface area contributed by atoms with Gasteiger partial charge in [-0.15, -0.1) is 0 Å². The molecule has 0 saturated heterocycles. The van der Waals surface area contributed by atoms with Crippen LogP contribution in [0.1, 0.15) is 30.2 Å². The van der Waals surface area contributed by atoms with E-state index in [1.807, 2.05) is 0 Å². The van der Waals surface area contributed by atoms with Crippen molar-refractivity contribution in [2.45, 2.75) is 19.1 Å². The first-order valence-corrected chi connectivity index (χ1v) is 7.19. The number of halogens is 2. The molecule has 0 unspecified atom stereocenters. The highest BCUT2D eigenvalue weighted by Crippen LogP contribution is 2.14. The average Bonchev–Trinajstić information content (AvgIpc) is 2.52. The van der Waals surface area contributed by atoms with Gasteiger partial charge in [-0.3, -0.25) is 0 Å². The number of carbonyl (C=O) groups excluding carboxylic acids is 1. The van der Waals surface area contributed by atoms with Crippen molar-refractivity contribution in [3.8, 4) is 0 Å². The zero-order chi connectivity index (χ0) is 16.8. The van der Waals surface area contributed by atoms with Crippen LogP contribution in [0.4, 0.5) is 13.6 Å². The summed E-state index contributed by atoms with van der Waals surface area (Å²) in [5.74, 6) is -0.830. The summed E-state index contributed by atoms with van der Waals surface area (Å²) in [6.07, 6.45) is -1.01. The molecule has 3 N–H and O–H groups in total. The van der Waals surface area contributed by atoms with Gasteiger partial charge in [0.25, 0.3) is 0 Å². The predicted octanol–water partition coefficient (Wildman–Crippen LogP) is 3.06. The molecule has 0 heterocycles. The van der Waals surface area contributed by atoms with Gasteiger partial charge in [0.05, 0.1) is 12.1 Å². The summed E-state index contributed by atoms with van der Waals surface area (Å²) in [6, 6.07) is 10.6. The Kier molecular flexibility index (Phi) is 5.65. The number of rotatable bonds is 5. The predicted molar refractivity (Wildman–Crippen MR) is 82.7 cm³/mol. The van der Waals surface area contributed by atoms with Crippen molar-refractivity contribution in [1.29, 1.82) is 0 Å². The number of aliphatic hydroxyl groups excluding tert-OH is 1. The molecule has 0 aliphatic heterocycles. The standard InChI is InChI=1S/C17H18F2N2O2/c1-11(12-4-2-6-14(18)8-12)21-17(23)20-10-16(22)13-5-3-7-15(19)9-13/h2-9,11,16,22H,10H2,1H3,(H2,20,21,23)/t11-,16+/m1/s1. The largest absolute Gasteiger partial charge is 0.387 e. The van der Waals surface area contributed by atoms with Gasteiger partial charge >= 0.3 is 6.03 Å². The fraction of sp³-hybridized carbons (Fsp3) is 0.235. The molecule has 0 saturated carbocycles. The van der Waals surface area contributed by atoms with Gasteiger partial charge in [0.2, 0.25) is 0 Å². The summed E-state index contributed by atoms with van der Waals surface area (Å²) in [6.45, 7) is 1.66. The summed E-state index contributed by atoms with van der Waals surface area (Å²) >= 11 is 0. The molecule has 23 heavy (non-hydrogen) atoms. The van der Waals surface area contributed by atoms with Crippen LogP contribution in [0.2, 0.25) is 0 Å². The maximum Gasteiger partial charge on any atom is 0.315 e. The molecule has 0 aliphatic carbocycles. The van der Waals surface area contributed by atoms with Crippen LogP contribution in [0.15, 0.2) is 48.5 Å². The maximum atomic E-state index is 13.1. The first kappa shape index (κ1) is 16.9. The van der Waals surface area contributed by atoms with E-state index in [9.17, 15) is 18.7 Å². The lowest BCUT2D eigenvalue weighted by Crippen LogP contribution is -2.39. The molecule has 0 fully saturated rings. The van der Waals surface area contributed by atoms with Crippen molar-refractivity contribution in [1.82, 2.24) is 10.6 Å². The fourth-order valence-electron chi connectivity index (χ4n) is 2.13. The highest BCUT2D eigenvalue weighted by Gasteiger charge is 2.13. The van der Waals surface area contributed by atoms with Crippen LogP contribution < -0.4 is 10.6 Å². The number of hydrogen-bond donors (Lipinski definition) is 3. The molecule has 2 atom stereocenters. The van der Waals surface area contributed by atoms with E-state index in [4.69, 9.17) is 0 Å². The lowest BCUT2D eigenvalue weighted by atomic mass is 10.1. The second-order valence-electron chi connectivity index (χ2n) is 5.20. The van der Waals surface area contributed by atoms with Crippen LogP contribution in [0.3, 0.4) is 0 Å². The van der Waals surface area contributed by atoms with Crippen LogP contribution >= 0.6 is 0 Å². The highest BCUT2D eigenvalue weighted by molar-refractivity contribution is 5.74. The maximum absolute atomic E-state index is 13.1. The van der Waals surface area contributed by atoms with Crippen molar-refractivity contribution in [2.24, 2.45) is 0 Å². The monoisotopic (exact) mass is 320 g/mol. The summed E-state index contributed by atoms with van der Waals surface area (Å²) < 4.78 is 26.2. The fourth-order valence-corrected chi connectivity index (χ4v) is 2.13. The van der Waals surface area contributed by atoms with Gasteiger partial charge in [0, 0.05) is 6.54 Å². The Morgan fingerprint density at radius 3 is 2.26 bits per heavy atom. The molecular weight excluding hydrogens is 302 g/mol. The third kappa shape index (κ3) is 5.03. The molecule has 6 heteroatoms. The summed E-state index contributed by atoms with van der Waals surface area (Å²) in [5.41, 5.74) is 1.01. The van der Waals surface area contributed by atoms with Gasteiger partial charge in [-0.05, 0) is 42.3 Å². The summed E-state index contributed by atoms with van der Waals surface area (Å²) in [5, 5.41) is 15.1. The van der Waals surface area contributed by atoms with Crippen molar-refractivity contribution >= 4 is 6.03 Å². The molecule has 0 aromatic heterocycles. The number of urea groups is 1. The average molecular weight is 320 g/mol. The van der Waals surface area contributed by atoms with E-state index < -0.39 is 24.0 Å². The van der Waals surface area contributed by atoms with Crippen molar-refractivity contribution < 1.29 is 18.7 Å². The van der Waals surface area contributed by atoms with E-state index >= 15 is 0 Å². The van der Waals surface area contributed by atoms with Gasteiger partial charge in [0.1, 0.15) is 11.6 Å². The molecule has 2 rings (SSSR count). The third-order valence-electron chi connectivity index (χ3n) is 3.39. The molecule has 122 valence electrons. The quantitative estimate of drug-likeness (QED) is 0.793. The summed E-state index contributed by atoms with van der Waals surface area (Å²) in [4.78, 5) is 11.8. The van der Waals surface area contributed by atoms with Gasteiger partial charge in [0.15, 0.2) is 0 Å². The zero-order valence-electron chi connectivity index (χ0n) is 12.6. The Balaban J connectivity index is 1.85. The number of hydrogen-bond acceptors (Lipinski definition) is 2. The number of benzene rings is 2. The molecule has 2 aromatic rings. The number of nitrogens with one attached hydrogen (secondary N) is 2. The van der Waals surface area contributed by atoms with Gasteiger partial charge in [-0.25, -0.2) is 13.6 Å². The molecule has 0 spiro atoms. The lowest BCUT2D eigenvalue weighted by molar-refractivity contribution is 0.172. The van der Waals surface area contributed by atoms with Gasteiger partial charge in [-0.2, -0.15) is 0 Å². The molecule has 4 nitrogen and oxygen atoms in total. The van der Waals surface area contributed by atoms with E-state index in [0.717, 1.165) is 0 Å². The van der Waals surface area contributed by atoms with E-state index in [1.165, 1.54) is 30.3 Å². The van der Waals surface area contributed by atoms with E-state index in [2.05, 4.69) is 10.6 Å². The Morgan fingerprint density at radius 2 is 1.65 bits per heavy atom. The molecular formula is C17H18F2N2O2. The molecule has 2 aromatic carbocycles. The second-order valence-corrected chi connectivity index (χ2v) is 5.20. The normalized spacial score (nSPS) is 13.2. The number of aliphatic hydroxyl groups is 1. The van der Waals surface area contributed by atoms with E-state index in [-0.39, 0.29) is 12.4 Å². The van der Waals surface area contributed by atoms with Gasteiger partial charge in [-0.1, -0.05) is 24.3 Å². The molecule has 0 bridgehead atoms. The van der Waals surface area contributed by atoms with Crippen molar-refractivity contribution in [3.63, 3.8) is 0 Å². The minimum absolute atomic E-state index is 0.0643.